The van der Waals surface area contributed by atoms with Gasteiger partial charge < -0.3 is 21.7 Å². The maximum Gasteiger partial charge on any atom is 0.0267 e. The molecule has 0 aliphatic heterocycles. The molecule has 2 rings (SSSR count). The smallest absolute Gasteiger partial charge is 0.0267 e. The monoisotopic (exact) mass is 336 g/mol. The molecule has 2 aromatic heterocycles. The molecule has 0 radical (unpaired) electrons. The van der Waals surface area contributed by atoms with Crippen molar-refractivity contribution in [2.45, 2.75) is 0 Å². The number of aromatic nitrogens is 2. The van der Waals surface area contributed by atoms with E-state index in [0.29, 0.717) is 0 Å². The standard InChI is InChI=1S/2C5H5N.2CH3NOS.Na.H/c2*1-2-4-6-5-3-1;2*2-1(3)4;;/h2*1-5H;2*(H3,2,3,4);;. The minimum atomic E-state index is -0.500. The molecule has 6 N–H and O–H groups in total. The summed E-state index contributed by atoms with van der Waals surface area (Å²) in [5, 5.41) is 14.1. The molecule has 0 fully saturated rings. The maximum absolute atomic E-state index is 7.56. The molecule has 0 spiro atoms. The van der Waals surface area contributed by atoms with Gasteiger partial charge in [0.05, 0.1) is 0 Å². The Balaban J connectivity index is -0.000000208. The minimum Gasteiger partial charge on any atom is -0.265 e. The van der Waals surface area contributed by atoms with Crippen molar-refractivity contribution >= 4 is 64.3 Å². The Kier molecular flexibility index (Phi) is 24.7. The third-order valence-electron chi connectivity index (χ3n) is 1.13. The molecule has 0 atom stereocenters. The molecule has 0 aromatic carbocycles. The summed E-state index contributed by atoms with van der Waals surface area (Å²) >= 11 is 7.74. The third kappa shape index (κ3) is 45.6. The molecule has 6 nitrogen and oxygen atoms in total. The second-order valence-corrected chi connectivity index (χ2v) is 3.56. The van der Waals surface area contributed by atoms with Crippen LogP contribution in [0.3, 0.4) is 0 Å². The zero-order valence-corrected chi connectivity index (χ0v) is 12.2. The first-order valence-electron chi connectivity index (χ1n) is 5.13. The van der Waals surface area contributed by atoms with Crippen molar-refractivity contribution in [3.05, 3.63) is 61.2 Å². The number of thiocarbonyl (C=S) groups is 2. The van der Waals surface area contributed by atoms with E-state index in [1.54, 1.807) is 24.8 Å². The molecule has 9 heteroatoms. The van der Waals surface area contributed by atoms with E-state index in [1.807, 2.05) is 36.4 Å². The number of nitrogens with zero attached hydrogens (tertiary/aromatic N) is 2. The van der Waals surface area contributed by atoms with Crippen LogP contribution in [-0.4, -0.2) is 60.1 Å². The predicted molar refractivity (Wildman–Crippen MR) is 94.5 cm³/mol. The van der Waals surface area contributed by atoms with E-state index >= 15 is 0 Å². The molecule has 0 saturated heterocycles. The largest absolute Gasteiger partial charge is 0.265 e. The molecule has 0 bridgehead atoms. The Morgan fingerprint density at radius 2 is 0.857 bits per heavy atom. The molecule has 110 valence electrons. The topological polar surface area (TPSA) is 118 Å². The van der Waals surface area contributed by atoms with Gasteiger partial charge in [0.1, 0.15) is 0 Å². The first-order valence-corrected chi connectivity index (χ1v) is 5.95. The zero-order valence-electron chi connectivity index (χ0n) is 10.5. The number of hydrogen-bond donors (Lipinski definition) is 4. The van der Waals surface area contributed by atoms with Crippen LogP contribution in [0.25, 0.3) is 0 Å². The Hall–Kier alpha value is -1.32. The molecule has 0 aliphatic rings. The van der Waals surface area contributed by atoms with Crippen molar-refractivity contribution in [1.82, 2.24) is 9.97 Å². The number of nitrogens with two attached hydrogens (primary N) is 2. The van der Waals surface area contributed by atoms with Gasteiger partial charge in [-0.1, -0.05) is 12.1 Å². The number of aliphatic hydroxyl groups excluding tert-OH is 2. The average Bonchev–Trinajstić information content (AvgIpc) is 2.42. The minimum absolute atomic E-state index is 0. The van der Waals surface area contributed by atoms with E-state index in [9.17, 15) is 0 Å². The van der Waals surface area contributed by atoms with Gasteiger partial charge in [0.2, 0.25) is 0 Å². The van der Waals surface area contributed by atoms with Crippen molar-refractivity contribution in [1.29, 1.82) is 0 Å². The van der Waals surface area contributed by atoms with E-state index in [1.165, 1.54) is 0 Å². The molecule has 0 aliphatic carbocycles. The average molecular weight is 336 g/mol. The molecule has 2 heterocycles. The number of rotatable bonds is 0. The van der Waals surface area contributed by atoms with E-state index in [2.05, 4.69) is 45.9 Å². The summed E-state index contributed by atoms with van der Waals surface area (Å²) in [5.41, 5.74) is 8.80. The van der Waals surface area contributed by atoms with Crippen LogP contribution in [0, 0.1) is 0 Å². The van der Waals surface area contributed by atoms with Crippen LogP contribution in [0.1, 0.15) is 0 Å². The van der Waals surface area contributed by atoms with Gasteiger partial charge in [-0.3, -0.25) is 9.97 Å². The fourth-order valence-corrected chi connectivity index (χ4v) is 0.625. The fourth-order valence-electron chi connectivity index (χ4n) is 0.625. The predicted octanol–water partition coefficient (Wildman–Crippen LogP) is 1.09. The van der Waals surface area contributed by atoms with Gasteiger partial charge in [-0.15, -0.1) is 0 Å². The molecule has 21 heavy (non-hydrogen) atoms. The van der Waals surface area contributed by atoms with Gasteiger partial charge in [-0.05, 0) is 48.7 Å². The van der Waals surface area contributed by atoms with Gasteiger partial charge in [0.25, 0.3) is 10.3 Å². The van der Waals surface area contributed by atoms with Crippen molar-refractivity contribution in [2.24, 2.45) is 11.5 Å². The van der Waals surface area contributed by atoms with Crippen LogP contribution < -0.4 is 11.5 Å². The molecule has 0 saturated carbocycles. The van der Waals surface area contributed by atoms with Crippen molar-refractivity contribution < 1.29 is 10.2 Å². The molecule has 2 aromatic rings. The number of aliphatic hydroxyl groups is 2. The van der Waals surface area contributed by atoms with Crippen molar-refractivity contribution in [3.8, 4) is 0 Å². The summed E-state index contributed by atoms with van der Waals surface area (Å²) in [7, 11) is 0. The summed E-state index contributed by atoms with van der Waals surface area (Å²) in [5.74, 6) is 0. The van der Waals surface area contributed by atoms with E-state index < -0.39 is 10.3 Å². The number of hydrogen-bond acceptors (Lipinski definition) is 4. The zero-order chi connectivity index (χ0) is 15.6. The molecule has 0 unspecified atom stereocenters. The Morgan fingerprint density at radius 3 is 0.905 bits per heavy atom. The van der Waals surface area contributed by atoms with Crippen LogP contribution in [0.4, 0.5) is 0 Å². The molecule has 0 amide bonds. The normalized spacial score (nSPS) is 6.86. The summed E-state index contributed by atoms with van der Waals surface area (Å²) in [4.78, 5) is 7.57. The van der Waals surface area contributed by atoms with E-state index in [4.69, 9.17) is 10.2 Å². The van der Waals surface area contributed by atoms with Crippen LogP contribution in [0.2, 0.25) is 0 Å². The first-order chi connectivity index (χ1) is 9.46. The number of pyridine rings is 2. The first kappa shape index (κ1) is 24.7. The Morgan fingerprint density at radius 1 is 0.667 bits per heavy atom. The quantitative estimate of drug-likeness (QED) is 0.417. The maximum atomic E-state index is 7.56. The summed E-state index contributed by atoms with van der Waals surface area (Å²) < 4.78 is 0. The van der Waals surface area contributed by atoms with E-state index in [0.717, 1.165) is 0 Å². The van der Waals surface area contributed by atoms with Gasteiger partial charge in [-0.2, -0.15) is 0 Å². The summed E-state index contributed by atoms with van der Waals surface area (Å²) in [6, 6.07) is 11.4. The van der Waals surface area contributed by atoms with Crippen LogP contribution in [-0.2, 0) is 0 Å². The third-order valence-corrected chi connectivity index (χ3v) is 1.13. The molecular formula is C12H17N4NaO2S2. The van der Waals surface area contributed by atoms with Crippen molar-refractivity contribution in [3.63, 3.8) is 0 Å². The van der Waals surface area contributed by atoms with Gasteiger partial charge in [0.15, 0.2) is 0 Å². The second-order valence-electron chi connectivity index (χ2n) is 2.73. The molecular weight excluding hydrogens is 319 g/mol. The Bertz CT molecular complexity index is 345. The van der Waals surface area contributed by atoms with Crippen LogP contribution in [0.5, 0.6) is 0 Å². The summed E-state index contributed by atoms with van der Waals surface area (Å²) in [6.45, 7) is 0. The van der Waals surface area contributed by atoms with Gasteiger partial charge in [0, 0.05) is 24.8 Å². The van der Waals surface area contributed by atoms with Gasteiger partial charge >= 0.3 is 29.6 Å². The second kappa shape index (κ2) is 21.0. The van der Waals surface area contributed by atoms with Crippen molar-refractivity contribution in [2.75, 3.05) is 0 Å². The fraction of sp³-hybridized carbons (Fsp3) is 0. The van der Waals surface area contributed by atoms with Crippen LogP contribution >= 0.6 is 24.4 Å². The van der Waals surface area contributed by atoms with E-state index in [-0.39, 0.29) is 29.6 Å². The van der Waals surface area contributed by atoms with Gasteiger partial charge in [-0.25, -0.2) is 0 Å². The SMILES string of the molecule is NC(O)=S.NC(O)=S.[NaH].c1ccncc1.c1ccncc1. The Labute approximate surface area is 156 Å². The van der Waals surface area contributed by atoms with Crippen LogP contribution in [0.15, 0.2) is 61.2 Å². The summed E-state index contributed by atoms with van der Waals surface area (Å²) in [6.07, 6.45) is 7.00.